The van der Waals surface area contributed by atoms with Crippen molar-refractivity contribution in [3.05, 3.63) is 59.2 Å². The number of methoxy groups -OCH3 is 1. The monoisotopic (exact) mass is 365 g/mol. The van der Waals surface area contributed by atoms with Crippen LogP contribution in [0, 0.1) is 11.3 Å². The topological polar surface area (TPSA) is 91.7 Å². The number of amides is 1. The molecule has 1 aliphatic rings. The van der Waals surface area contributed by atoms with Crippen molar-refractivity contribution in [2.45, 2.75) is 0 Å². The molecule has 2 aromatic carbocycles. The molecule has 7 heteroatoms. The summed E-state index contributed by atoms with van der Waals surface area (Å²) in [6.07, 6.45) is 0. The van der Waals surface area contributed by atoms with Crippen LogP contribution in [0.2, 0.25) is 0 Å². The Morgan fingerprint density at radius 1 is 1.19 bits per heavy atom. The van der Waals surface area contributed by atoms with Crippen molar-refractivity contribution in [3.8, 4) is 6.07 Å². The normalized spacial score (nSPS) is 13.6. The third-order valence-corrected chi connectivity index (χ3v) is 4.29. The first-order valence-corrected chi connectivity index (χ1v) is 8.49. The number of carbonyl (C=O) groups is 2. The van der Waals surface area contributed by atoms with Crippen LogP contribution in [-0.4, -0.2) is 45.3 Å². The molecule has 1 N–H and O–H groups in total. The molecule has 138 valence electrons. The van der Waals surface area contributed by atoms with Gasteiger partial charge in [-0.2, -0.15) is 5.26 Å². The van der Waals surface area contributed by atoms with Crippen molar-refractivity contribution < 1.29 is 19.1 Å². The van der Waals surface area contributed by atoms with E-state index in [0.29, 0.717) is 30.0 Å². The lowest BCUT2D eigenvalue weighted by molar-refractivity contribution is 0.0602. The predicted octanol–water partition coefficient (Wildman–Crippen LogP) is 2.43. The molecule has 0 aromatic heterocycles. The second-order valence-corrected chi connectivity index (χ2v) is 5.97. The molecule has 0 saturated carbocycles. The van der Waals surface area contributed by atoms with Crippen LogP contribution in [-0.2, 0) is 9.47 Å². The van der Waals surface area contributed by atoms with E-state index in [-0.39, 0.29) is 5.56 Å². The van der Waals surface area contributed by atoms with Crippen LogP contribution in [0.1, 0.15) is 26.3 Å². The van der Waals surface area contributed by atoms with E-state index in [2.05, 4.69) is 10.2 Å². The maximum atomic E-state index is 12.5. The number of hydrogen-bond donors (Lipinski definition) is 1. The molecular formula is C20H19N3O4. The van der Waals surface area contributed by atoms with Crippen LogP contribution < -0.4 is 10.2 Å². The first-order chi connectivity index (χ1) is 13.1. The third-order valence-electron chi connectivity index (χ3n) is 4.29. The molecule has 1 aliphatic heterocycles. The van der Waals surface area contributed by atoms with E-state index >= 15 is 0 Å². The van der Waals surface area contributed by atoms with Gasteiger partial charge in [0.25, 0.3) is 5.91 Å². The molecule has 1 heterocycles. The van der Waals surface area contributed by atoms with E-state index in [4.69, 9.17) is 14.7 Å². The van der Waals surface area contributed by atoms with Crippen molar-refractivity contribution in [1.29, 1.82) is 5.26 Å². The first-order valence-electron chi connectivity index (χ1n) is 8.49. The highest BCUT2D eigenvalue weighted by molar-refractivity contribution is 6.08. The van der Waals surface area contributed by atoms with Gasteiger partial charge < -0.3 is 19.7 Å². The summed E-state index contributed by atoms with van der Waals surface area (Å²) in [7, 11) is 1.30. The average molecular weight is 365 g/mol. The van der Waals surface area contributed by atoms with Crippen LogP contribution in [0.25, 0.3) is 0 Å². The third kappa shape index (κ3) is 4.25. The summed E-state index contributed by atoms with van der Waals surface area (Å²) in [5, 5.41) is 11.7. The number of ether oxygens (including phenoxy) is 2. The molecule has 0 atom stereocenters. The Morgan fingerprint density at radius 3 is 2.67 bits per heavy atom. The van der Waals surface area contributed by atoms with Gasteiger partial charge in [-0.05, 0) is 36.4 Å². The SMILES string of the molecule is COC(=O)c1cc(N2CCOCC2)ccc1NC(=O)c1cccc(C#N)c1. The molecule has 0 bridgehead atoms. The van der Waals surface area contributed by atoms with Crippen LogP contribution in [0.15, 0.2) is 42.5 Å². The van der Waals surface area contributed by atoms with Crippen LogP contribution in [0.4, 0.5) is 11.4 Å². The zero-order valence-corrected chi connectivity index (χ0v) is 14.9. The summed E-state index contributed by atoms with van der Waals surface area (Å²) in [5.74, 6) is -0.942. The number of carbonyl (C=O) groups excluding carboxylic acids is 2. The van der Waals surface area contributed by atoms with Gasteiger partial charge in [-0.1, -0.05) is 6.07 Å². The fourth-order valence-electron chi connectivity index (χ4n) is 2.86. The standard InChI is InChI=1S/C20H19N3O4/c1-26-20(25)17-12-16(23-7-9-27-10-8-23)5-6-18(17)22-19(24)15-4-2-3-14(11-15)13-21/h2-6,11-12H,7-10H2,1H3,(H,22,24). The first kappa shape index (κ1) is 18.4. The van der Waals surface area contributed by atoms with Crippen molar-refractivity contribution in [3.63, 3.8) is 0 Å². The number of nitrogens with one attached hydrogen (secondary N) is 1. The summed E-state index contributed by atoms with van der Waals surface area (Å²) >= 11 is 0. The summed E-state index contributed by atoms with van der Waals surface area (Å²) in [6.45, 7) is 2.71. The Kier molecular flexibility index (Phi) is 5.69. The number of morpholine rings is 1. The molecule has 2 aromatic rings. The van der Waals surface area contributed by atoms with Gasteiger partial charge in [0, 0.05) is 24.3 Å². The predicted molar refractivity (Wildman–Crippen MR) is 99.9 cm³/mol. The van der Waals surface area contributed by atoms with E-state index in [1.165, 1.54) is 13.2 Å². The van der Waals surface area contributed by atoms with Crippen molar-refractivity contribution in [2.75, 3.05) is 43.6 Å². The van der Waals surface area contributed by atoms with E-state index < -0.39 is 11.9 Å². The summed E-state index contributed by atoms with van der Waals surface area (Å²) in [6, 6.07) is 13.6. The Balaban J connectivity index is 1.88. The second kappa shape index (κ2) is 8.34. The van der Waals surface area contributed by atoms with Gasteiger partial charge in [-0.15, -0.1) is 0 Å². The number of rotatable bonds is 4. The Labute approximate surface area is 157 Å². The Morgan fingerprint density at radius 2 is 1.96 bits per heavy atom. The zero-order chi connectivity index (χ0) is 19.2. The van der Waals surface area contributed by atoms with Gasteiger partial charge in [-0.25, -0.2) is 4.79 Å². The quantitative estimate of drug-likeness (QED) is 0.837. The summed E-state index contributed by atoms with van der Waals surface area (Å²) in [4.78, 5) is 26.9. The van der Waals surface area contributed by atoms with Gasteiger partial charge in [0.2, 0.25) is 0 Å². The highest BCUT2D eigenvalue weighted by Gasteiger charge is 2.19. The minimum absolute atomic E-state index is 0.270. The minimum atomic E-state index is -0.536. The molecular weight excluding hydrogens is 346 g/mol. The van der Waals surface area contributed by atoms with E-state index in [1.807, 2.05) is 12.1 Å². The van der Waals surface area contributed by atoms with E-state index in [0.717, 1.165) is 18.8 Å². The van der Waals surface area contributed by atoms with Crippen molar-refractivity contribution >= 4 is 23.3 Å². The van der Waals surface area contributed by atoms with Crippen LogP contribution in [0.5, 0.6) is 0 Å². The van der Waals surface area contributed by atoms with Gasteiger partial charge in [0.1, 0.15) is 0 Å². The maximum Gasteiger partial charge on any atom is 0.340 e. The fraction of sp³-hybridized carbons (Fsp3) is 0.250. The molecule has 0 radical (unpaired) electrons. The van der Waals surface area contributed by atoms with Gasteiger partial charge in [-0.3, -0.25) is 4.79 Å². The van der Waals surface area contributed by atoms with Gasteiger partial charge >= 0.3 is 5.97 Å². The van der Waals surface area contributed by atoms with Gasteiger partial charge in [0.15, 0.2) is 0 Å². The van der Waals surface area contributed by atoms with Gasteiger partial charge in [0.05, 0.1) is 43.2 Å². The smallest absolute Gasteiger partial charge is 0.340 e. The number of nitrogens with zero attached hydrogens (tertiary/aromatic N) is 2. The Bertz CT molecular complexity index is 898. The number of esters is 1. The van der Waals surface area contributed by atoms with Crippen molar-refractivity contribution in [1.82, 2.24) is 0 Å². The summed E-state index contributed by atoms with van der Waals surface area (Å²) < 4.78 is 10.2. The number of nitriles is 1. The molecule has 1 saturated heterocycles. The molecule has 27 heavy (non-hydrogen) atoms. The molecule has 1 fully saturated rings. The number of hydrogen-bond acceptors (Lipinski definition) is 6. The molecule has 0 unspecified atom stereocenters. The highest BCUT2D eigenvalue weighted by atomic mass is 16.5. The lowest BCUT2D eigenvalue weighted by Crippen LogP contribution is -2.36. The number of anilines is 2. The van der Waals surface area contributed by atoms with E-state index in [1.54, 1.807) is 30.3 Å². The molecule has 3 rings (SSSR count). The van der Waals surface area contributed by atoms with Crippen molar-refractivity contribution in [2.24, 2.45) is 0 Å². The number of benzene rings is 2. The molecule has 1 amide bonds. The van der Waals surface area contributed by atoms with Crippen LogP contribution in [0.3, 0.4) is 0 Å². The minimum Gasteiger partial charge on any atom is -0.465 e. The molecule has 0 aliphatic carbocycles. The largest absolute Gasteiger partial charge is 0.465 e. The maximum absolute atomic E-state index is 12.5. The molecule has 7 nitrogen and oxygen atoms in total. The van der Waals surface area contributed by atoms with E-state index in [9.17, 15) is 9.59 Å². The average Bonchev–Trinajstić information content (AvgIpc) is 2.74. The lowest BCUT2D eigenvalue weighted by Gasteiger charge is -2.29. The molecule has 0 spiro atoms. The summed E-state index contributed by atoms with van der Waals surface area (Å²) in [5.41, 5.74) is 2.21. The fourth-order valence-corrected chi connectivity index (χ4v) is 2.86. The highest BCUT2D eigenvalue weighted by Crippen LogP contribution is 2.25. The van der Waals surface area contributed by atoms with Crippen LogP contribution >= 0.6 is 0 Å². The Hall–Kier alpha value is -3.37. The second-order valence-electron chi connectivity index (χ2n) is 5.97. The zero-order valence-electron chi connectivity index (χ0n) is 14.9. The lowest BCUT2D eigenvalue weighted by atomic mass is 10.1.